The SMILES string of the molecule is CCCc1nn(C)cc1I. The topological polar surface area (TPSA) is 17.8 Å². The van der Waals surface area contributed by atoms with Crippen LogP contribution in [-0.2, 0) is 13.5 Å². The van der Waals surface area contributed by atoms with Crippen LogP contribution in [0.1, 0.15) is 19.0 Å². The van der Waals surface area contributed by atoms with Crippen molar-refractivity contribution in [2.75, 3.05) is 0 Å². The zero-order valence-corrected chi connectivity index (χ0v) is 8.42. The van der Waals surface area contributed by atoms with Crippen molar-refractivity contribution in [2.45, 2.75) is 19.8 Å². The smallest absolute Gasteiger partial charge is 0.0757 e. The largest absolute Gasteiger partial charge is 0.274 e. The van der Waals surface area contributed by atoms with Gasteiger partial charge in [0.2, 0.25) is 0 Å². The van der Waals surface area contributed by atoms with Crippen LogP contribution in [0.2, 0.25) is 0 Å². The van der Waals surface area contributed by atoms with E-state index in [1.165, 1.54) is 15.7 Å². The van der Waals surface area contributed by atoms with Crippen LogP contribution in [0, 0.1) is 3.57 Å². The monoisotopic (exact) mass is 250 g/mol. The Bertz CT molecular complexity index is 217. The Balaban J connectivity index is 2.81. The molecule has 0 aliphatic rings. The summed E-state index contributed by atoms with van der Waals surface area (Å²) in [4.78, 5) is 0. The molecule has 3 heteroatoms. The van der Waals surface area contributed by atoms with E-state index in [0.29, 0.717) is 0 Å². The molecule has 2 nitrogen and oxygen atoms in total. The molecule has 0 amide bonds. The minimum Gasteiger partial charge on any atom is -0.274 e. The van der Waals surface area contributed by atoms with Gasteiger partial charge in [-0.05, 0) is 29.0 Å². The van der Waals surface area contributed by atoms with Crippen LogP contribution < -0.4 is 0 Å². The first kappa shape index (κ1) is 8.04. The van der Waals surface area contributed by atoms with E-state index in [-0.39, 0.29) is 0 Å². The normalized spacial score (nSPS) is 10.3. The Morgan fingerprint density at radius 3 is 2.80 bits per heavy atom. The van der Waals surface area contributed by atoms with E-state index in [4.69, 9.17) is 0 Å². The van der Waals surface area contributed by atoms with E-state index in [1.807, 2.05) is 17.9 Å². The van der Waals surface area contributed by atoms with Crippen molar-refractivity contribution in [3.8, 4) is 0 Å². The fourth-order valence-corrected chi connectivity index (χ4v) is 1.69. The molecule has 0 aliphatic carbocycles. The second-order valence-corrected chi connectivity index (χ2v) is 3.51. The first-order valence-electron chi connectivity index (χ1n) is 3.42. The van der Waals surface area contributed by atoms with Crippen molar-refractivity contribution in [1.29, 1.82) is 0 Å². The molecule has 0 N–H and O–H groups in total. The molecule has 0 fully saturated rings. The summed E-state index contributed by atoms with van der Waals surface area (Å²) in [5, 5.41) is 4.31. The van der Waals surface area contributed by atoms with Crippen LogP contribution in [0.4, 0.5) is 0 Å². The summed E-state index contributed by atoms with van der Waals surface area (Å²) in [5.74, 6) is 0. The van der Waals surface area contributed by atoms with Gasteiger partial charge in [0.05, 0.1) is 9.26 Å². The minimum absolute atomic E-state index is 1.10. The van der Waals surface area contributed by atoms with Gasteiger partial charge in [0, 0.05) is 13.2 Å². The first-order valence-corrected chi connectivity index (χ1v) is 4.50. The molecule has 1 aromatic heterocycles. The van der Waals surface area contributed by atoms with Crippen LogP contribution in [0.15, 0.2) is 6.20 Å². The molecular weight excluding hydrogens is 239 g/mol. The van der Waals surface area contributed by atoms with Gasteiger partial charge in [0.15, 0.2) is 0 Å². The highest BCUT2D eigenvalue weighted by Crippen LogP contribution is 2.10. The molecular formula is C7H11IN2. The molecule has 0 spiro atoms. The third kappa shape index (κ3) is 1.71. The van der Waals surface area contributed by atoms with Gasteiger partial charge in [-0.15, -0.1) is 0 Å². The maximum absolute atomic E-state index is 4.31. The molecule has 0 bridgehead atoms. The predicted octanol–water partition coefficient (Wildman–Crippen LogP) is 1.98. The van der Waals surface area contributed by atoms with E-state index < -0.39 is 0 Å². The quantitative estimate of drug-likeness (QED) is 0.734. The molecule has 0 unspecified atom stereocenters. The second-order valence-electron chi connectivity index (χ2n) is 2.35. The standard InChI is InChI=1S/C7H11IN2/c1-3-4-7-6(8)5-10(2)9-7/h5H,3-4H2,1-2H3. The lowest BCUT2D eigenvalue weighted by Gasteiger charge is -1.89. The maximum atomic E-state index is 4.31. The van der Waals surface area contributed by atoms with Gasteiger partial charge in [0.1, 0.15) is 0 Å². The lowest BCUT2D eigenvalue weighted by Crippen LogP contribution is -1.90. The summed E-state index contributed by atoms with van der Waals surface area (Å²) in [7, 11) is 1.96. The highest BCUT2D eigenvalue weighted by Gasteiger charge is 2.01. The zero-order chi connectivity index (χ0) is 7.56. The Labute approximate surface area is 74.8 Å². The molecule has 1 rings (SSSR count). The molecule has 56 valence electrons. The van der Waals surface area contributed by atoms with Crippen molar-refractivity contribution < 1.29 is 0 Å². The summed E-state index contributed by atoms with van der Waals surface area (Å²) in [5.41, 5.74) is 1.23. The first-order chi connectivity index (χ1) is 4.74. The molecule has 1 aromatic rings. The fourth-order valence-electron chi connectivity index (χ4n) is 0.912. The molecule has 0 radical (unpaired) electrons. The van der Waals surface area contributed by atoms with Crippen molar-refractivity contribution in [3.63, 3.8) is 0 Å². The van der Waals surface area contributed by atoms with Crippen LogP contribution in [0.3, 0.4) is 0 Å². The van der Waals surface area contributed by atoms with E-state index in [1.54, 1.807) is 0 Å². The lowest BCUT2D eigenvalue weighted by molar-refractivity contribution is 0.733. The molecule has 10 heavy (non-hydrogen) atoms. The number of nitrogens with zero attached hydrogens (tertiary/aromatic N) is 2. The van der Waals surface area contributed by atoms with Crippen LogP contribution in [0.5, 0.6) is 0 Å². The average Bonchev–Trinajstić information content (AvgIpc) is 2.13. The average molecular weight is 250 g/mol. The molecule has 0 aliphatic heterocycles. The van der Waals surface area contributed by atoms with Gasteiger partial charge < -0.3 is 0 Å². The second kappa shape index (κ2) is 3.37. The van der Waals surface area contributed by atoms with E-state index in [9.17, 15) is 0 Å². The van der Waals surface area contributed by atoms with Gasteiger partial charge in [0.25, 0.3) is 0 Å². The molecule has 0 atom stereocenters. The van der Waals surface area contributed by atoms with E-state index in [2.05, 4.69) is 34.6 Å². The van der Waals surface area contributed by atoms with Crippen molar-refractivity contribution >= 4 is 22.6 Å². The van der Waals surface area contributed by atoms with Crippen LogP contribution in [0.25, 0.3) is 0 Å². The number of aromatic nitrogens is 2. The minimum atomic E-state index is 1.10. The van der Waals surface area contributed by atoms with Crippen LogP contribution >= 0.6 is 22.6 Å². The Morgan fingerprint density at radius 2 is 2.40 bits per heavy atom. The summed E-state index contributed by atoms with van der Waals surface area (Å²) in [6.07, 6.45) is 4.32. The Morgan fingerprint density at radius 1 is 1.70 bits per heavy atom. The summed E-state index contributed by atoms with van der Waals surface area (Å²) < 4.78 is 3.15. The number of hydrogen-bond acceptors (Lipinski definition) is 1. The number of rotatable bonds is 2. The molecule has 0 saturated carbocycles. The fraction of sp³-hybridized carbons (Fsp3) is 0.571. The zero-order valence-electron chi connectivity index (χ0n) is 6.26. The Hall–Kier alpha value is -0.0600. The molecule has 1 heterocycles. The van der Waals surface area contributed by atoms with Gasteiger partial charge in [-0.3, -0.25) is 4.68 Å². The predicted molar refractivity (Wildman–Crippen MR) is 49.9 cm³/mol. The van der Waals surface area contributed by atoms with Gasteiger partial charge >= 0.3 is 0 Å². The third-order valence-electron chi connectivity index (χ3n) is 1.34. The number of halogens is 1. The van der Waals surface area contributed by atoms with Crippen LogP contribution in [-0.4, -0.2) is 9.78 Å². The summed E-state index contributed by atoms with van der Waals surface area (Å²) in [6, 6.07) is 0. The van der Waals surface area contributed by atoms with Crippen molar-refractivity contribution in [2.24, 2.45) is 7.05 Å². The van der Waals surface area contributed by atoms with E-state index in [0.717, 1.165) is 6.42 Å². The lowest BCUT2D eigenvalue weighted by atomic mass is 10.3. The molecule has 0 aromatic carbocycles. The van der Waals surface area contributed by atoms with Crippen molar-refractivity contribution in [1.82, 2.24) is 9.78 Å². The highest BCUT2D eigenvalue weighted by molar-refractivity contribution is 14.1. The van der Waals surface area contributed by atoms with Gasteiger partial charge in [-0.25, -0.2) is 0 Å². The number of hydrogen-bond donors (Lipinski definition) is 0. The summed E-state index contributed by atoms with van der Waals surface area (Å²) in [6.45, 7) is 2.17. The maximum Gasteiger partial charge on any atom is 0.0757 e. The Kier molecular flexibility index (Phi) is 2.71. The highest BCUT2D eigenvalue weighted by atomic mass is 127. The van der Waals surface area contributed by atoms with Gasteiger partial charge in [-0.2, -0.15) is 5.10 Å². The van der Waals surface area contributed by atoms with Gasteiger partial charge in [-0.1, -0.05) is 13.3 Å². The van der Waals surface area contributed by atoms with Crippen molar-refractivity contribution in [3.05, 3.63) is 15.5 Å². The third-order valence-corrected chi connectivity index (χ3v) is 2.24. The molecule has 0 saturated heterocycles. The summed E-state index contributed by atoms with van der Waals surface area (Å²) >= 11 is 2.32. The van der Waals surface area contributed by atoms with E-state index >= 15 is 0 Å². The number of aryl methyl sites for hydroxylation is 2.